The Morgan fingerprint density at radius 3 is 2.81 bits per heavy atom. The first-order chi connectivity index (χ1) is 7.58. The van der Waals surface area contributed by atoms with E-state index < -0.39 is 0 Å². The van der Waals surface area contributed by atoms with E-state index in [4.69, 9.17) is 0 Å². The predicted octanol–water partition coefficient (Wildman–Crippen LogP) is 1.24. The molecule has 1 aliphatic heterocycles. The average molecular weight is 222 g/mol. The quantitative estimate of drug-likeness (QED) is 0.817. The van der Waals surface area contributed by atoms with Crippen LogP contribution in [0.4, 0.5) is 5.82 Å². The van der Waals surface area contributed by atoms with Crippen molar-refractivity contribution >= 4 is 5.82 Å². The molecule has 1 aromatic rings. The van der Waals surface area contributed by atoms with Crippen molar-refractivity contribution in [3.63, 3.8) is 0 Å². The molecule has 2 rings (SSSR count). The molecule has 2 unspecified atom stereocenters. The van der Waals surface area contributed by atoms with Crippen LogP contribution in [-0.4, -0.2) is 35.0 Å². The maximum atomic E-state index is 4.49. The third-order valence-corrected chi connectivity index (χ3v) is 3.40. The van der Waals surface area contributed by atoms with Gasteiger partial charge in [-0.15, -0.1) is 0 Å². The van der Waals surface area contributed by atoms with Gasteiger partial charge in [0.15, 0.2) is 5.82 Å². The molecule has 0 bridgehead atoms. The molecular formula is C12H22N4. The van der Waals surface area contributed by atoms with Crippen LogP contribution in [0, 0.1) is 5.92 Å². The van der Waals surface area contributed by atoms with Crippen LogP contribution in [-0.2, 0) is 7.05 Å². The Hall–Kier alpha value is -1.03. The lowest BCUT2D eigenvalue weighted by Crippen LogP contribution is -2.57. The maximum absolute atomic E-state index is 4.49. The summed E-state index contributed by atoms with van der Waals surface area (Å²) in [7, 11) is 1.97. The molecule has 16 heavy (non-hydrogen) atoms. The van der Waals surface area contributed by atoms with E-state index in [0.717, 1.165) is 18.9 Å². The topological polar surface area (TPSA) is 33.1 Å². The summed E-state index contributed by atoms with van der Waals surface area (Å²) >= 11 is 0. The SMILES string of the molecule is CC(C)C1CN(c2ccn(C)n2)C(C)CN1. The molecule has 0 radical (unpaired) electrons. The van der Waals surface area contributed by atoms with Gasteiger partial charge in [-0.1, -0.05) is 13.8 Å². The van der Waals surface area contributed by atoms with Crippen molar-refractivity contribution in [3.8, 4) is 0 Å². The van der Waals surface area contributed by atoms with Crippen LogP contribution >= 0.6 is 0 Å². The van der Waals surface area contributed by atoms with Gasteiger partial charge in [0.1, 0.15) is 0 Å². The number of nitrogens with one attached hydrogen (secondary N) is 1. The maximum Gasteiger partial charge on any atom is 0.150 e. The summed E-state index contributed by atoms with van der Waals surface area (Å²) in [4.78, 5) is 2.40. The summed E-state index contributed by atoms with van der Waals surface area (Å²) in [5.74, 6) is 1.76. The number of nitrogens with zero attached hydrogens (tertiary/aromatic N) is 3. The Balaban J connectivity index is 2.12. The number of rotatable bonds is 2. The van der Waals surface area contributed by atoms with E-state index in [-0.39, 0.29) is 0 Å². The van der Waals surface area contributed by atoms with Crippen LogP contribution in [0.5, 0.6) is 0 Å². The number of aryl methyl sites for hydroxylation is 1. The Morgan fingerprint density at radius 2 is 2.25 bits per heavy atom. The van der Waals surface area contributed by atoms with Gasteiger partial charge in [0.25, 0.3) is 0 Å². The van der Waals surface area contributed by atoms with Crippen molar-refractivity contribution in [1.82, 2.24) is 15.1 Å². The van der Waals surface area contributed by atoms with Gasteiger partial charge >= 0.3 is 0 Å². The zero-order valence-electron chi connectivity index (χ0n) is 10.6. The van der Waals surface area contributed by atoms with Crippen molar-refractivity contribution in [1.29, 1.82) is 0 Å². The molecule has 2 atom stereocenters. The zero-order chi connectivity index (χ0) is 11.7. The van der Waals surface area contributed by atoms with E-state index >= 15 is 0 Å². The number of hydrogen-bond donors (Lipinski definition) is 1. The summed E-state index contributed by atoms with van der Waals surface area (Å²) in [6.45, 7) is 8.88. The van der Waals surface area contributed by atoms with Crippen LogP contribution in [0.25, 0.3) is 0 Å². The molecule has 0 amide bonds. The van der Waals surface area contributed by atoms with Crippen LogP contribution in [0.3, 0.4) is 0 Å². The lowest BCUT2D eigenvalue weighted by atomic mass is 10.00. The van der Waals surface area contributed by atoms with Crippen molar-refractivity contribution in [2.75, 3.05) is 18.0 Å². The lowest BCUT2D eigenvalue weighted by molar-refractivity contribution is 0.335. The van der Waals surface area contributed by atoms with Crippen molar-refractivity contribution in [3.05, 3.63) is 12.3 Å². The highest BCUT2D eigenvalue weighted by atomic mass is 15.4. The van der Waals surface area contributed by atoms with E-state index in [1.54, 1.807) is 0 Å². The largest absolute Gasteiger partial charge is 0.350 e. The highest BCUT2D eigenvalue weighted by Gasteiger charge is 2.27. The molecule has 4 nitrogen and oxygen atoms in total. The molecule has 0 aliphatic carbocycles. The first kappa shape index (κ1) is 11.5. The van der Waals surface area contributed by atoms with Gasteiger partial charge in [0.2, 0.25) is 0 Å². The van der Waals surface area contributed by atoms with Gasteiger partial charge < -0.3 is 10.2 Å². The zero-order valence-corrected chi connectivity index (χ0v) is 10.6. The molecule has 0 aromatic carbocycles. The molecule has 1 saturated heterocycles. The standard InChI is InChI=1S/C12H22N4/c1-9(2)11-8-16(10(3)7-13-11)12-5-6-15(4)14-12/h5-6,9-11,13H,7-8H2,1-4H3. The van der Waals surface area contributed by atoms with E-state index in [1.807, 2.05) is 17.9 Å². The van der Waals surface area contributed by atoms with Gasteiger partial charge in [-0.05, 0) is 12.8 Å². The first-order valence-electron chi connectivity index (χ1n) is 6.07. The monoisotopic (exact) mass is 222 g/mol. The predicted molar refractivity (Wildman–Crippen MR) is 66.6 cm³/mol. The summed E-state index contributed by atoms with van der Waals surface area (Å²) in [6, 6.07) is 3.18. The van der Waals surface area contributed by atoms with Crippen molar-refractivity contribution in [2.45, 2.75) is 32.9 Å². The molecule has 1 aromatic heterocycles. The second-order valence-corrected chi connectivity index (χ2v) is 5.11. The molecule has 1 N–H and O–H groups in total. The minimum atomic E-state index is 0.518. The van der Waals surface area contributed by atoms with Gasteiger partial charge in [0.05, 0.1) is 0 Å². The van der Waals surface area contributed by atoms with Crippen LogP contribution in [0.15, 0.2) is 12.3 Å². The molecule has 1 fully saturated rings. The Morgan fingerprint density at radius 1 is 1.50 bits per heavy atom. The minimum absolute atomic E-state index is 0.518. The van der Waals surface area contributed by atoms with Crippen LogP contribution in [0.2, 0.25) is 0 Å². The minimum Gasteiger partial charge on any atom is -0.350 e. The first-order valence-corrected chi connectivity index (χ1v) is 6.07. The van der Waals surface area contributed by atoms with Gasteiger partial charge in [-0.2, -0.15) is 5.10 Å². The van der Waals surface area contributed by atoms with E-state index in [0.29, 0.717) is 18.0 Å². The molecule has 0 saturated carbocycles. The Labute approximate surface area is 97.6 Å². The van der Waals surface area contributed by atoms with Crippen LogP contribution < -0.4 is 10.2 Å². The summed E-state index contributed by atoms with van der Waals surface area (Å²) in [5, 5.41) is 8.09. The second-order valence-electron chi connectivity index (χ2n) is 5.11. The lowest BCUT2D eigenvalue weighted by Gasteiger charge is -2.40. The normalized spacial score (nSPS) is 26.4. The van der Waals surface area contributed by atoms with E-state index in [2.05, 4.69) is 42.2 Å². The third-order valence-electron chi connectivity index (χ3n) is 3.40. The van der Waals surface area contributed by atoms with E-state index in [9.17, 15) is 0 Å². The molecule has 90 valence electrons. The number of piperazine rings is 1. The molecule has 4 heteroatoms. The highest BCUT2D eigenvalue weighted by molar-refractivity contribution is 5.39. The Bertz CT molecular complexity index is 345. The molecule has 0 spiro atoms. The molecule has 1 aliphatic rings. The fourth-order valence-electron chi connectivity index (χ4n) is 2.21. The summed E-state index contributed by atoms with van der Waals surface area (Å²) in [6.07, 6.45) is 2.01. The number of hydrogen-bond acceptors (Lipinski definition) is 3. The highest BCUT2D eigenvalue weighted by Crippen LogP contribution is 2.19. The second kappa shape index (κ2) is 4.45. The van der Waals surface area contributed by atoms with Crippen molar-refractivity contribution in [2.24, 2.45) is 13.0 Å². The number of aromatic nitrogens is 2. The fraction of sp³-hybridized carbons (Fsp3) is 0.750. The number of anilines is 1. The van der Waals surface area contributed by atoms with Gasteiger partial charge in [-0.25, -0.2) is 0 Å². The van der Waals surface area contributed by atoms with Crippen molar-refractivity contribution < 1.29 is 0 Å². The fourth-order valence-corrected chi connectivity index (χ4v) is 2.21. The van der Waals surface area contributed by atoms with E-state index in [1.165, 1.54) is 0 Å². The molecule has 2 heterocycles. The van der Waals surface area contributed by atoms with Gasteiger partial charge in [-0.3, -0.25) is 4.68 Å². The smallest absolute Gasteiger partial charge is 0.150 e. The average Bonchev–Trinajstić information content (AvgIpc) is 2.65. The summed E-state index contributed by atoms with van der Waals surface area (Å²) in [5.41, 5.74) is 0. The van der Waals surface area contributed by atoms with Gasteiger partial charge in [0, 0.05) is 44.5 Å². The molecular weight excluding hydrogens is 200 g/mol. The third kappa shape index (κ3) is 2.21. The summed E-state index contributed by atoms with van der Waals surface area (Å²) < 4.78 is 1.87. The van der Waals surface area contributed by atoms with Crippen LogP contribution in [0.1, 0.15) is 20.8 Å². The Kier molecular flexibility index (Phi) is 3.19.